The van der Waals surface area contributed by atoms with Crippen LogP contribution in [0.5, 0.6) is 5.75 Å². The molecule has 27 heavy (non-hydrogen) atoms. The van der Waals surface area contributed by atoms with Crippen molar-refractivity contribution in [3.8, 4) is 5.75 Å². The van der Waals surface area contributed by atoms with Crippen LogP contribution in [-0.4, -0.2) is 24.0 Å². The number of hydrogen-bond acceptors (Lipinski definition) is 5. The van der Waals surface area contributed by atoms with Crippen molar-refractivity contribution in [3.05, 3.63) is 56.8 Å². The molecule has 0 amide bonds. The highest BCUT2D eigenvalue weighted by atomic mass is 79.9. The van der Waals surface area contributed by atoms with Crippen LogP contribution >= 0.6 is 27.5 Å². The largest absolute Gasteiger partial charge is 0.473 e. The normalized spacial score (nSPS) is 14.5. The number of carbonyl (C=O) groups is 2. The molecule has 0 radical (unpaired) electrons. The number of nitrogen functional groups attached to an aromatic ring is 1. The lowest BCUT2D eigenvalue weighted by Crippen LogP contribution is -2.32. The summed E-state index contributed by atoms with van der Waals surface area (Å²) in [5.41, 5.74) is 5.45. The van der Waals surface area contributed by atoms with Crippen LogP contribution in [0.15, 0.2) is 34.8 Å². The Kier molecular flexibility index (Phi) is 5.44. The molecule has 0 unspecified atom stereocenters. The molecule has 142 valence electrons. The van der Waals surface area contributed by atoms with Crippen molar-refractivity contribution in [2.75, 3.05) is 12.3 Å². The smallest absolute Gasteiger partial charge is 0.350 e. The quantitative estimate of drug-likeness (QED) is 0.392. The van der Waals surface area contributed by atoms with Crippen molar-refractivity contribution >= 4 is 45.0 Å². The zero-order valence-corrected chi connectivity index (χ0v) is 16.7. The lowest BCUT2D eigenvalue weighted by atomic mass is 10.0. The Hall–Kier alpha value is -2.12. The minimum Gasteiger partial charge on any atom is -0.473 e. The van der Waals surface area contributed by atoms with Crippen LogP contribution in [0.4, 0.5) is 10.1 Å². The first-order valence-electron chi connectivity index (χ1n) is 8.23. The Labute approximate surface area is 168 Å². The number of ketones is 1. The number of benzene rings is 2. The summed E-state index contributed by atoms with van der Waals surface area (Å²) in [5.74, 6) is -1.24. The van der Waals surface area contributed by atoms with E-state index < -0.39 is 23.2 Å². The molecule has 0 aliphatic heterocycles. The van der Waals surface area contributed by atoms with Gasteiger partial charge in [0.05, 0.1) is 21.8 Å². The van der Waals surface area contributed by atoms with Crippen LogP contribution < -0.4 is 10.5 Å². The SMILES string of the molecule is CCOC(=O)C1(Oc2ccc(C(=O)c3cc(F)ccc3Cl)c(Br)c2N)CC1. The molecule has 0 atom stereocenters. The van der Waals surface area contributed by atoms with Crippen molar-refractivity contribution in [2.24, 2.45) is 0 Å². The van der Waals surface area contributed by atoms with Crippen molar-refractivity contribution in [1.29, 1.82) is 0 Å². The van der Waals surface area contributed by atoms with E-state index in [0.717, 1.165) is 6.07 Å². The molecule has 0 bridgehead atoms. The van der Waals surface area contributed by atoms with Gasteiger partial charge in [-0.15, -0.1) is 0 Å². The van der Waals surface area contributed by atoms with Gasteiger partial charge in [0, 0.05) is 24.0 Å². The highest BCUT2D eigenvalue weighted by Gasteiger charge is 2.54. The average molecular weight is 457 g/mol. The number of halogens is 3. The molecule has 8 heteroatoms. The third-order valence-electron chi connectivity index (χ3n) is 4.21. The van der Waals surface area contributed by atoms with Crippen molar-refractivity contribution in [1.82, 2.24) is 0 Å². The predicted molar refractivity (Wildman–Crippen MR) is 103 cm³/mol. The van der Waals surface area contributed by atoms with Gasteiger partial charge in [-0.2, -0.15) is 0 Å². The zero-order valence-electron chi connectivity index (χ0n) is 14.4. The Bertz CT molecular complexity index is 930. The topological polar surface area (TPSA) is 78.6 Å². The van der Waals surface area contributed by atoms with E-state index in [1.807, 2.05) is 0 Å². The molecule has 0 heterocycles. The second-order valence-corrected chi connectivity index (χ2v) is 7.31. The van der Waals surface area contributed by atoms with Crippen molar-refractivity contribution < 1.29 is 23.5 Å². The molecule has 0 saturated heterocycles. The lowest BCUT2D eigenvalue weighted by Gasteiger charge is -2.19. The molecular formula is C19H16BrClFNO4. The molecular weight excluding hydrogens is 441 g/mol. The summed E-state index contributed by atoms with van der Waals surface area (Å²) in [6.07, 6.45) is 1.06. The van der Waals surface area contributed by atoms with Crippen LogP contribution in [0.25, 0.3) is 0 Å². The highest BCUT2D eigenvalue weighted by molar-refractivity contribution is 9.10. The standard InChI is InChI=1S/C19H16BrClFNO4/c1-2-26-18(25)19(7-8-19)27-14-6-4-11(15(20)16(14)23)17(24)12-9-10(22)3-5-13(12)21/h3-6,9H,2,7-8,23H2,1H3. The number of nitrogens with two attached hydrogens (primary N) is 1. The van der Waals surface area contributed by atoms with Crippen molar-refractivity contribution in [2.45, 2.75) is 25.4 Å². The maximum atomic E-state index is 13.5. The maximum absolute atomic E-state index is 13.5. The Balaban J connectivity index is 1.91. The molecule has 2 aromatic carbocycles. The molecule has 0 aromatic heterocycles. The number of ether oxygens (including phenoxy) is 2. The zero-order chi connectivity index (χ0) is 19.8. The fourth-order valence-electron chi connectivity index (χ4n) is 2.59. The Morgan fingerprint density at radius 1 is 1.26 bits per heavy atom. The number of esters is 1. The van der Waals surface area contributed by atoms with E-state index in [1.165, 1.54) is 24.3 Å². The van der Waals surface area contributed by atoms with Gasteiger partial charge >= 0.3 is 5.97 Å². The van der Waals surface area contributed by atoms with Crippen LogP contribution in [-0.2, 0) is 9.53 Å². The van der Waals surface area contributed by atoms with Gasteiger partial charge in [-0.1, -0.05) is 11.6 Å². The van der Waals surface area contributed by atoms with Crippen LogP contribution in [0.1, 0.15) is 35.7 Å². The Morgan fingerprint density at radius 2 is 1.96 bits per heavy atom. The summed E-state index contributed by atoms with van der Waals surface area (Å²) in [6.45, 7) is 1.97. The molecule has 2 aromatic rings. The Morgan fingerprint density at radius 3 is 2.59 bits per heavy atom. The first-order chi connectivity index (χ1) is 12.8. The van der Waals surface area contributed by atoms with Gasteiger partial charge in [-0.05, 0) is 53.2 Å². The third kappa shape index (κ3) is 3.80. The molecule has 0 spiro atoms. The van der Waals surface area contributed by atoms with Gasteiger partial charge in [-0.3, -0.25) is 4.79 Å². The first-order valence-corrected chi connectivity index (χ1v) is 9.40. The average Bonchev–Trinajstić information content (AvgIpc) is 3.42. The fraction of sp³-hybridized carbons (Fsp3) is 0.263. The molecule has 1 saturated carbocycles. The van der Waals surface area contributed by atoms with Crippen LogP contribution in [0.3, 0.4) is 0 Å². The minimum absolute atomic E-state index is 0.0237. The van der Waals surface area contributed by atoms with Gasteiger partial charge in [-0.25, -0.2) is 9.18 Å². The van der Waals surface area contributed by atoms with Gasteiger partial charge < -0.3 is 15.2 Å². The first kappa shape index (κ1) is 19.6. The number of carbonyl (C=O) groups excluding carboxylic acids is 2. The van der Waals surface area contributed by atoms with E-state index in [0.29, 0.717) is 12.8 Å². The second kappa shape index (κ2) is 7.48. The summed E-state index contributed by atoms with van der Waals surface area (Å²) in [4.78, 5) is 24.8. The molecule has 1 aliphatic rings. The maximum Gasteiger partial charge on any atom is 0.350 e. The van der Waals surface area contributed by atoms with E-state index in [2.05, 4.69) is 15.9 Å². The summed E-state index contributed by atoms with van der Waals surface area (Å²) in [5, 5.41) is 0.131. The van der Waals surface area contributed by atoms with Gasteiger partial charge in [0.1, 0.15) is 11.6 Å². The summed E-state index contributed by atoms with van der Waals surface area (Å²) >= 11 is 9.30. The van der Waals surface area contributed by atoms with Crippen molar-refractivity contribution in [3.63, 3.8) is 0 Å². The number of rotatable bonds is 6. The molecule has 5 nitrogen and oxygen atoms in total. The molecule has 1 fully saturated rings. The lowest BCUT2D eigenvalue weighted by molar-refractivity contribution is -0.153. The molecule has 3 rings (SSSR count). The number of anilines is 1. The highest BCUT2D eigenvalue weighted by Crippen LogP contribution is 2.45. The fourth-order valence-corrected chi connectivity index (χ4v) is 3.30. The van der Waals surface area contributed by atoms with Gasteiger partial charge in [0.15, 0.2) is 5.78 Å². The van der Waals surface area contributed by atoms with E-state index in [4.69, 9.17) is 26.8 Å². The third-order valence-corrected chi connectivity index (χ3v) is 5.40. The van der Waals surface area contributed by atoms with E-state index in [-0.39, 0.29) is 38.7 Å². The summed E-state index contributed by atoms with van der Waals surface area (Å²) < 4.78 is 24.6. The molecule has 2 N–H and O–H groups in total. The number of hydrogen-bond donors (Lipinski definition) is 1. The second-order valence-electron chi connectivity index (χ2n) is 6.11. The monoisotopic (exact) mass is 455 g/mol. The van der Waals surface area contributed by atoms with E-state index >= 15 is 0 Å². The van der Waals surface area contributed by atoms with Crippen LogP contribution in [0.2, 0.25) is 5.02 Å². The minimum atomic E-state index is -1.03. The van der Waals surface area contributed by atoms with Gasteiger partial charge in [0.25, 0.3) is 0 Å². The predicted octanol–water partition coefficient (Wildman–Crippen LogP) is 4.53. The molecule has 1 aliphatic carbocycles. The summed E-state index contributed by atoms with van der Waals surface area (Å²) in [6, 6.07) is 6.54. The van der Waals surface area contributed by atoms with Gasteiger partial charge in [0.2, 0.25) is 5.60 Å². The van der Waals surface area contributed by atoms with Crippen LogP contribution in [0, 0.1) is 5.82 Å². The summed E-state index contributed by atoms with van der Waals surface area (Å²) in [7, 11) is 0. The van der Waals surface area contributed by atoms with E-state index in [1.54, 1.807) is 6.92 Å². The van der Waals surface area contributed by atoms with E-state index in [9.17, 15) is 14.0 Å².